The van der Waals surface area contributed by atoms with Gasteiger partial charge in [-0.1, -0.05) is 17.3 Å². The highest BCUT2D eigenvalue weighted by Crippen LogP contribution is 2.42. The first-order valence-corrected chi connectivity index (χ1v) is 7.43. The van der Waals surface area contributed by atoms with Crippen LogP contribution in [0.15, 0.2) is 46.4 Å². The summed E-state index contributed by atoms with van der Waals surface area (Å²) in [5.74, 6) is 0.321. The first kappa shape index (κ1) is 15.7. The highest BCUT2D eigenvalue weighted by Gasteiger charge is 2.35. The lowest BCUT2D eigenvalue weighted by atomic mass is 9.78. The zero-order valence-corrected chi connectivity index (χ0v) is 13.1. The average Bonchev–Trinajstić information content (AvgIpc) is 3.04. The number of nitrogens with one attached hydrogen (secondary N) is 3. The van der Waals surface area contributed by atoms with Gasteiger partial charge in [-0.25, -0.2) is 0 Å². The van der Waals surface area contributed by atoms with Gasteiger partial charge in [0.1, 0.15) is 18.6 Å². The van der Waals surface area contributed by atoms with Gasteiger partial charge in [0.15, 0.2) is 0 Å². The molecule has 0 saturated carbocycles. The summed E-state index contributed by atoms with van der Waals surface area (Å²) in [6.07, 6.45) is 7.52. The Hall–Kier alpha value is -3.18. The highest BCUT2D eigenvalue weighted by molar-refractivity contribution is 6.51. The molecule has 1 aromatic rings. The van der Waals surface area contributed by atoms with Gasteiger partial charge in [0.2, 0.25) is 0 Å². The second-order valence-corrected chi connectivity index (χ2v) is 5.32. The smallest absolute Gasteiger partial charge is 0.129 e. The predicted octanol–water partition coefficient (Wildman–Crippen LogP) is 1.56. The maximum Gasteiger partial charge on any atom is 0.129 e. The minimum Gasteiger partial charge on any atom is -0.399 e. The fourth-order valence-electron chi connectivity index (χ4n) is 2.93. The Balaban J connectivity index is 2.13. The number of aromatic amines is 1. The lowest BCUT2D eigenvalue weighted by Crippen LogP contribution is -2.26. The summed E-state index contributed by atoms with van der Waals surface area (Å²) in [6, 6.07) is 2.27. The third-order valence-electron chi connectivity index (χ3n) is 3.96. The Kier molecular flexibility index (Phi) is 4.26. The van der Waals surface area contributed by atoms with Gasteiger partial charge in [-0.3, -0.25) is 10.5 Å². The number of nitrogens with zero attached hydrogens (tertiary/aromatic N) is 3. The highest BCUT2D eigenvalue weighted by atomic mass is 16.6. The lowest BCUT2D eigenvalue weighted by Gasteiger charge is -2.28. The third kappa shape index (κ3) is 2.51. The summed E-state index contributed by atoms with van der Waals surface area (Å²) in [5.41, 5.74) is 9.08. The number of allylic oxidation sites excluding steroid dienone is 5. The van der Waals surface area contributed by atoms with Crippen LogP contribution >= 0.6 is 0 Å². The summed E-state index contributed by atoms with van der Waals surface area (Å²) in [5, 5.41) is 32.2. The van der Waals surface area contributed by atoms with Crippen molar-refractivity contribution in [2.75, 3.05) is 19.0 Å². The van der Waals surface area contributed by atoms with Gasteiger partial charge in [-0.2, -0.15) is 10.4 Å². The molecular weight excluding hydrogens is 306 g/mol. The van der Waals surface area contributed by atoms with Crippen molar-refractivity contribution < 1.29 is 4.84 Å². The molecule has 0 saturated heterocycles. The molecule has 1 aromatic heterocycles. The van der Waals surface area contributed by atoms with Crippen LogP contribution in [0.25, 0.3) is 0 Å². The topological polar surface area (TPSA) is 136 Å². The molecule has 0 radical (unpaired) electrons. The number of oxime groups is 1. The molecule has 0 fully saturated rings. The van der Waals surface area contributed by atoms with E-state index < -0.39 is 5.92 Å². The number of aromatic nitrogens is 2. The molecule has 0 aromatic carbocycles. The molecule has 2 aliphatic rings. The number of hydrogen-bond acceptors (Lipinski definition) is 7. The molecule has 1 aliphatic carbocycles. The van der Waals surface area contributed by atoms with Gasteiger partial charge < -0.3 is 15.9 Å². The molecule has 24 heavy (non-hydrogen) atoms. The first-order valence-electron chi connectivity index (χ1n) is 7.43. The number of H-pyrrole nitrogens is 1. The fraction of sp³-hybridized carbons (Fsp3) is 0.250. The van der Waals surface area contributed by atoms with E-state index in [-0.39, 0.29) is 5.71 Å². The van der Waals surface area contributed by atoms with Crippen LogP contribution in [0.2, 0.25) is 0 Å². The van der Waals surface area contributed by atoms with Gasteiger partial charge in [-0.15, -0.1) is 0 Å². The van der Waals surface area contributed by atoms with Crippen LogP contribution in [0.4, 0.5) is 5.82 Å². The molecule has 5 N–H and O–H groups in total. The largest absolute Gasteiger partial charge is 0.399 e. The molecule has 1 atom stereocenters. The number of anilines is 1. The molecule has 1 aliphatic heterocycles. The monoisotopic (exact) mass is 323 g/mol. The molecule has 8 nitrogen and oxygen atoms in total. The fourth-order valence-corrected chi connectivity index (χ4v) is 2.93. The summed E-state index contributed by atoms with van der Waals surface area (Å²) in [6.45, 7) is 0.413. The molecule has 8 heteroatoms. The summed E-state index contributed by atoms with van der Waals surface area (Å²) in [4.78, 5) is 4.80. The van der Waals surface area contributed by atoms with Gasteiger partial charge in [-0.05, 0) is 18.2 Å². The van der Waals surface area contributed by atoms with E-state index in [0.29, 0.717) is 29.8 Å². The second kappa shape index (κ2) is 6.52. The zero-order chi connectivity index (χ0) is 17.1. The van der Waals surface area contributed by atoms with E-state index in [2.05, 4.69) is 26.7 Å². The Morgan fingerprint density at radius 3 is 3.08 bits per heavy atom. The van der Waals surface area contributed by atoms with Crippen LogP contribution in [-0.4, -0.2) is 35.3 Å². The molecule has 1 unspecified atom stereocenters. The van der Waals surface area contributed by atoms with Crippen molar-refractivity contribution in [3.8, 4) is 6.07 Å². The summed E-state index contributed by atoms with van der Waals surface area (Å²) >= 11 is 0. The second-order valence-electron chi connectivity index (χ2n) is 5.32. The van der Waals surface area contributed by atoms with Crippen LogP contribution in [0.3, 0.4) is 0 Å². The zero-order valence-electron chi connectivity index (χ0n) is 13.1. The number of fused-ring (bicyclic) bond motifs is 1. The van der Waals surface area contributed by atoms with E-state index in [1.54, 1.807) is 18.3 Å². The normalized spacial score (nSPS) is 21.2. The van der Waals surface area contributed by atoms with Gasteiger partial charge in [0.05, 0.1) is 29.5 Å². The van der Waals surface area contributed by atoms with Crippen molar-refractivity contribution in [1.82, 2.24) is 10.2 Å². The Bertz CT molecular complexity index is 835. The quantitative estimate of drug-likeness (QED) is 0.492. The van der Waals surface area contributed by atoms with Crippen molar-refractivity contribution in [1.29, 1.82) is 10.7 Å². The lowest BCUT2D eigenvalue weighted by molar-refractivity contribution is 0.214. The van der Waals surface area contributed by atoms with Crippen molar-refractivity contribution in [3.63, 3.8) is 0 Å². The van der Waals surface area contributed by atoms with Gasteiger partial charge >= 0.3 is 0 Å². The average molecular weight is 323 g/mol. The predicted molar refractivity (Wildman–Crippen MR) is 90.7 cm³/mol. The van der Waals surface area contributed by atoms with Crippen LogP contribution in [0, 0.1) is 16.7 Å². The van der Waals surface area contributed by atoms with Crippen molar-refractivity contribution in [3.05, 3.63) is 46.8 Å². The van der Waals surface area contributed by atoms with Crippen LogP contribution < -0.4 is 11.1 Å². The third-order valence-corrected chi connectivity index (χ3v) is 3.96. The van der Waals surface area contributed by atoms with Crippen LogP contribution in [-0.2, 0) is 4.84 Å². The van der Waals surface area contributed by atoms with Crippen LogP contribution in [0.5, 0.6) is 0 Å². The molecule has 0 bridgehead atoms. The molecule has 2 heterocycles. The SMILES string of the molecule is CO/N=C1/C=CC=C(C2C(C#N)=C(CCN)Nc3[nH]ncc32)C1=N. The summed E-state index contributed by atoms with van der Waals surface area (Å²) in [7, 11) is 1.44. The number of nitrogens with two attached hydrogens (primary N) is 1. The maximum absolute atomic E-state index is 9.72. The van der Waals surface area contributed by atoms with E-state index in [0.717, 1.165) is 17.1 Å². The minimum atomic E-state index is -0.397. The van der Waals surface area contributed by atoms with Crippen molar-refractivity contribution >= 4 is 17.2 Å². The van der Waals surface area contributed by atoms with Crippen molar-refractivity contribution in [2.24, 2.45) is 10.9 Å². The minimum absolute atomic E-state index is 0.221. The number of hydrogen-bond donors (Lipinski definition) is 4. The summed E-state index contributed by atoms with van der Waals surface area (Å²) < 4.78 is 0. The maximum atomic E-state index is 9.72. The van der Waals surface area contributed by atoms with E-state index in [1.165, 1.54) is 7.11 Å². The van der Waals surface area contributed by atoms with Crippen LogP contribution in [0.1, 0.15) is 17.9 Å². The Morgan fingerprint density at radius 2 is 2.38 bits per heavy atom. The molecule has 3 rings (SSSR count). The Morgan fingerprint density at radius 1 is 1.54 bits per heavy atom. The molecule has 0 spiro atoms. The van der Waals surface area contributed by atoms with E-state index >= 15 is 0 Å². The molecule has 122 valence electrons. The van der Waals surface area contributed by atoms with Gasteiger partial charge in [0, 0.05) is 17.7 Å². The Labute approximate surface area is 138 Å². The van der Waals surface area contributed by atoms with Crippen molar-refractivity contribution in [2.45, 2.75) is 12.3 Å². The number of nitriles is 1. The molecule has 0 amide bonds. The van der Waals surface area contributed by atoms with E-state index in [4.69, 9.17) is 16.0 Å². The number of rotatable bonds is 4. The van der Waals surface area contributed by atoms with E-state index in [9.17, 15) is 5.26 Å². The molecular formula is C16H17N7O. The first-order chi connectivity index (χ1) is 11.7. The standard InChI is InChI=1S/C16H17N7O/c1-24-23-13-4-2-3-9(15(13)19)14-10(7-18)12(5-6-17)21-16-11(14)8-20-22-16/h2-4,8,14,19H,5-6,17H2,1H3,(H2,20,21,22)/b19-15?,23-13-. The van der Waals surface area contributed by atoms with E-state index in [1.807, 2.05) is 6.08 Å². The van der Waals surface area contributed by atoms with Gasteiger partial charge in [0.25, 0.3) is 0 Å².